The van der Waals surface area contributed by atoms with Crippen LogP contribution >= 0.6 is 0 Å². The minimum Gasteiger partial charge on any atom is -0.485 e. The normalized spacial score (nSPS) is 17.1. The lowest BCUT2D eigenvalue weighted by Gasteiger charge is -2.41. The van der Waals surface area contributed by atoms with Gasteiger partial charge in [-0.2, -0.15) is 0 Å². The Bertz CT molecular complexity index is 1110. The number of piperidine rings is 1. The van der Waals surface area contributed by atoms with Crippen molar-refractivity contribution in [3.05, 3.63) is 95.8 Å². The smallest absolute Gasteiger partial charge is 0.226 e. The highest BCUT2D eigenvalue weighted by Gasteiger charge is 2.40. The van der Waals surface area contributed by atoms with E-state index in [1.807, 2.05) is 11.0 Å². The van der Waals surface area contributed by atoms with E-state index in [0.29, 0.717) is 19.5 Å². The molecule has 1 spiro atoms. The number of rotatable bonds is 5. The molecule has 5 heteroatoms. The van der Waals surface area contributed by atoms with Crippen molar-refractivity contribution in [1.82, 2.24) is 4.90 Å². The van der Waals surface area contributed by atoms with Crippen molar-refractivity contribution in [2.45, 2.75) is 37.7 Å². The lowest BCUT2D eigenvalue weighted by molar-refractivity contribution is -0.134. The first-order valence-electron chi connectivity index (χ1n) is 12.2. The fourth-order valence-electron chi connectivity index (χ4n) is 5.09. The van der Waals surface area contributed by atoms with Gasteiger partial charge in [0, 0.05) is 45.4 Å². The minimum absolute atomic E-state index is 0.0972. The molecule has 0 unspecified atom stereocenters. The summed E-state index contributed by atoms with van der Waals surface area (Å²) in [6, 6.07) is 25.1. The van der Waals surface area contributed by atoms with Gasteiger partial charge < -0.3 is 14.5 Å². The number of nitrogens with zero attached hydrogens (tertiary/aromatic N) is 2. The maximum atomic E-state index is 13.2. The van der Waals surface area contributed by atoms with E-state index >= 15 is 0 Å². The van der Waals surface area contributed by atoms with Crippen LogP contribution in [0.5, 0.6) is 5.75 Å². The predicted octanol–water partition coefficient (Wildman–Crippen LogP) is 5.26. The first-order valence-corrected chi connectivity index (χ1v) is 12.2. The van der Waals surface area contributed by atoms with E-state index in [1.54, 1.807) is 12.1 Å². The third-order valence-corrected chi connectivity index (χ3v) is 7.18. The fourth-order valence-corrected chi connectivity index (χ4v) is 5.09. The summed E-state index contributed by atoms with van der Waals surface area (Å²) in [6.45, 7) is 3.26. The molecule has 3 aromatic carbocycles. The second kappa shape index (κ2) is 9.88. The van der Waals surface area contributed by atoms with Gasteiger partial charge in [-0.3, -0.25) is 4.79 Å². The van der Waals surface area contributed by atoms with Gasteiger partial charge in [0.1, 0.15) is 17.2 Å². The summed E-state index contributed by atoms with van der Waals surface area (Å²) in [7, 11) is 0. The summed E-state index contributed by atoms with van der Waals surface area (Å²) < 4.78 is 19.9. The number of benzene rings is 3. The van der Waals surface area contributed by atoms with Crippen molar-refractivity contribution >= 4 is 11.6 Å². The molecule has 3 aromatic rings. The third-order valence-electron chi connectivity index (χ3n) is 7.18. The van der Waals surface area contributed by atoms with E-state index in [0.717, 1.165) is 55.8 Å². The number of para-hydroxylation sites is 2. The molecule has 2 aliphatic rings. The topological polar surface area (TPSA) is 32.8 Å². The summed E-state index contributed by atoms with van der Waals surface area (Å²) in [4.78, 5) is 17.2. The molecule has 4 nitrogen and oxygen atoms in total. The molecule has 1 amide bonds. The van der Waals surface area contributed by atoms with E-state index in [4.69, 9.17) is 4.74 Å². The Morgan fingerprint density at radius 1 is 0.824 bits per heavy atom. The number of halogens is 1. The molecule has 1 saturated heterocycles. The van der Waals surface area contributed by atoms with E-state index in [1.165, 1.54) is 17.7 Å². The molecule has 176 valence electrons. The third kappa shape index (κ3) is 5.09. The number of amides is 1. The van der Waals surface area contributed by atoms with Gasteiger partial charge in [-0.15, -0.1) is 0 Å². The van der Waals surface area contributed by atoms with E-state index in [9.17, 15) is 9.18 Å². The monoisotopic (exact) mass is 458 g/mol. The van der Waals surface area contributed by atoms with Crippen molar-refractivity contribution in [3.63, 3.8) is 0 Å². The van der Waals surface area contributed by atoms with Gasteiger partial charge in [0.15, 0.2) is 0 Å². The Hall–Kier alpha value is -3.34. The second-order valence-corrected chi connectivity index (χ2v) is 9.41. The molecule has 34 heavy (non-hydrogen) atoms. The maximum Gasteiger partial charge on any atom is 0.226 e. The van der Waals surface area contributed by atoms with Crippen LogP contribution in [0.2, 0.25) is 0 Å². The number of likely N-dealkylation sites (tertiary alicyclic amines) is 1. The van der Waals surface area contributed by atoms with Crippen molar-refractivity contribution in [1.29, 1.82) is 0 Å². The molecule has 5 rings (SSSR count). The molecule has 1 fully saturated rings. The second-order valence-electron chi connectivity index (χ2n) is 9.41. The van der Waals surface area contributed by atoms with Crippen molar-refractivity contribution < 1.29 is 13.9 Å². The van der Waals surface area contributed by atoms with E-state index in [-0.39, 0.29) is 17.3 Å². The fraction of sp³-hybridized carbons (Fsp3) is 0.345. The summed E-state index contributed by atoms with van der Waals surface area (Å²) in [5.74, 6) is 0.763. The first-order chi connectivity index (χ1) is 16.6. The van der Waals surface area contributed by atoms with Crippen molar-refractivity contribution in [2.75, 3.05) is 31.1 Å². The standard InChI is InChI=1S/C29H31FN2O2/c30-25-12-10-24(11-13-25)22-28(33)32-20-16-29(17-21-32)15-19-31(18-14-23-6-2-1-3-7-23)26-8-4-5-9-27(26)34-29/h1-13H,14-22H2. The van der Waals surface area contributed by atoms with E-state index in [2.05, 4.69) is 53.4 Å². The molecule has 0 aromatic heterocycles. The Balaban J connectivity index is 1.24. The average molecular weight is 459 g/mol. The van der Waals surface area contributed by atoms with Crippen LogP contribution in [0.15, 0.2) is 78.9 Å². The molecular formula is C29H31FN2O2. The minimum atomic E-state index is -0.278. The molecule has 0 atom stereocenters. The van der Waals surface area contributed by atoms with Crippen LogP contribution in [0, 0.1) is 5.82 Å². The van der Waals surface area contributed by atoms with Gasteiger partial charge in [0.2, 0.25) is 5.91 Å². The quantitative estimate of drug-likeness (QED) is 0.523. The average Bonchev–Trinajstić information content (AvgIpc) is 3.02. The number of carbonyl (C=O) groups is 1. The molecule has 0 N–H and O–H groups in total. The summed E-state index contributed by atoms with van der Waals surface area (Å²) in [6.07, 6.45) is 3.89. The summed E-state index contributed by atoms with van der Waals surface area (Å²) >= 11 is 0. The van der Waals surface area contributed by atoms with Crippen molar-refractivity contribution in [3.8, 4) is 5.75 Å². The number of hydrogen-bond acceptors (Lipinski definition) is 3. The zero-order chi connectivity index (χ0) is 23.4. The van der Waals surface area contributed by atoms with Gasteiger partial charge in [-0.05, 0) is 41.8 Å². The van der Waals surface area contributed by atoms with Crippen LogP contribution in [-0.2, 0) is 17.6 Å². The first kappa shape index (κ1) is 22.5. The van der Waals surface area contributed by atoms with Gasteiger partial charge in [0.25, 0.3) is 0 Å². The Kier molecular flexibility index (Phi) is 6.52. The van der Waals surface area contributed by atoms with Gasteiger partial charge in [-0.1, -0.05) is 54.6 Å². The van der Waals surface area contributed by atoms with E-state index < -0.39 is 0 Å². The van der Waals surface area contributed by atoms with Crippen LogP contribution < -0.4 is 9.64 Å². The van der Waals surface area contributed by atoms with Crippen molar-refractivity contribution in [2.24, 2.45) is 0 Å². The zero-order valence-electron chi connectivity index (χ0n) is 19.5. The lowest BCUT2D eigenvalue weighted by Crippen LogP contribution is -2.50. The number of fused-ring (bicyclic) bond motifs is 1. The molecule has 2 heterocycles. The highest BCUT2D eigenvalue weighted by atomic mass is 19.1. The molecule has 2 aliphatic heterocycles. The SMILES string of the molecule is O=C(Cc1ccc(F)cc1)N1CCC2(CC1)CCN(CCc1ccccc1)c1ccccc1O2. The number of ether oxygens (including phenoxy) is 1. The molecule has 0 aliphatic carbocycles. The van der Waals surface area contributed by atoms with Crippen LogP contribution in [0.3, 0.4) is 0 Å². The highest BCUT2D eigenvalue weighted by Crippen LogP contribution is 2.40. The Morgan fingerprint density at radius 2 is 1.50 bits per heavy atom. The molecule has 0 radical (unpaired) electrons. The Morgan fingerprint density at radius 3 is 2.26 bits per heavy atom. The Labute approximate surface area is 201 Å². The summed E-state index contributed by atoms with van der Waals surface area (Å²) in [5.41, 5.74) is 3.10. The van der Waals surface area contributed by atoms with Gasteiger partial charge in [-0.25, -0.2) is 4.39 Å². The van der Waals surface area contributed by atoms with Crippen LogP contribution in [0.4, 0.5) is 10.1 Å². The van der Waals surface area contributed by atoms with Crippen LogP contribution in [0.1, 0.15) is 30.4 Å². The van der Waals surface area contributed by atoms with Gasteiger partial charge >= 0.3 is 0 Å². The van der Waals surface area contributed by atoms with Crippen LogP contribution in [0.25, 0.3) is 0 Å². The molecular weight excluding hydrogens is 427 g/mol. The molecule has 0 saturated carbocycles. The number of anilines is 1. The maximum absolute atomic E-state index is 13.2. The molecule has 0 bridgehead atoms. The lowest BCUT2D eigenvalue weighted by atomic mass is 9.87. The number of hydrogen-bond donors (Lipinski definition) is 0. The highest BCUT2D eigenvalue weighted by molar-refractivity contribution is 5.79. The van der Waals surface area contributed by atoms with Gasteiger partial charge in [0.05, 0.1) is 12.1 Å². The summed E-state index contributed by atoms with van der Waals surface area (Å²) in [5, 5.41) is 0. The number of carbonyl (C=O) groups excluding carboxylic acids is 1. The zero-order valence-corrected chi connectivity index (χ0v) is 19.5. The largest absolute Gasteiger partial charge is 0.485 e. The predicted molar refractivity (Wildman–Crippen MR) is 133 cm³/mol. The van der Waals surface area contributed by atoms with Crippen LogP contribution in [-0.4, -0.2) is 42.6 Å².